The largest absolute Gasteiger partial charge is 0.396 e. The number of aliphatic hydroxyl groups is 1. The van der Waals surface area contributed by atoms with Gasteiger partial charge >= 0.3 is 0 Å². The first-order chi connectivity index (χ1) is 4.88. The second-order valence-electron chi connectivity index (χ2n) is 2.13. The third-order valence-corrected chi connectivity index (χ3v) is 2.49. The molecule has 10 heavy (non-hydrogen) atoms. The summed E-state index contributed by atoms with van der Waals surface area (Å²) in [6.45, 7) is 0.675. The van der Waals surface area contributed by atoms with Crippen LogP contribution in [0.3, 0.4) is 0 Å². The molecule has 56 valence electrons. The Balaban J connectivity index is 2.64. The van der Waals surface area contributed by atoms with Crippen LogP contribution in [0.5, 0.6) is 0 Å². The van der Waals surface area contributed by atoms with Crippen LogP contribution in [0.1, 0.15) is 10.8 Å². The van der Waals surface area contributed by atoms with Gasteiger partial charge in [-0.15, -0.1) is 11.3 Å². The van der Waals surface area contributed by atoms with Crippen LogP contribution in [-0.2, 0) is 0 Å². The van der Waals surface area contributed by atoms with Crippen molar-refractivity contribution < 1.29 is 5.11 Å². The minimum absolute atomic E-state index is 0.139. The van der Waals surface area contributed by atoms with E-state index >= 15 is 0 Å². The van der Waals surface area contributed by atoms with Gasteiger partial charge in [-0.2, -0.15) is 0 Å². The summed E-state index contributed by atoms with van der Waals surface area (Å²) in [5, 5.41) is 10.8. The predicted molar refractivity (Wildman–Crippen MR) is 43.2 cm³/mol. The number of aliphatic hydroxyl groups excluding tert-OH is 1. The molecule has 3 N–H and O–H groups in total. The fourth-order valence-electron chi connectivity index (χ4n) is 0.804. The highest BCUT2D eigenvalue weighted by Gasteiger charge is 2.07. The van der Waals surface area contributed by atoms with Crippen molar-refractivity contribution in [1.82, 2.24) is 0 Å². The molecular formula is C7H11NOS. The van der Waals surface area contributed by atoms with Crippen molar-refractivity contribution in [2.24, 2.45) is 5.73 Å². The molecule has 0 radical (unpaired) electrons. The van der Waals surface area contributed by atoms with Crippen molar-refractivity contribution in [2.75, 3.05) is 13.2 Å². The summed E-state index contributed by atoms with van der Waals surface area (Å²) in [7, 11) is 0. The molecule has 0 aliphatic carbocycles. The van der Waals surface area contributed by atoms with E-state index in [-0.39, 0.29) is 12.5 Å². The van der Waals surface area contributed by atoms with Crippen LogP contribution in [0.2, 0.25) is 0 Å². The van der Waals surface area contributed by atoms with Crippen LogP contribution in [0.25, 0.3) is 0 Å². The van der Waals surface area contributed by atoms with Gasteiger partial charge in [-0.3, -0.25) is 0 Å². The Bertz CT molecular complexity index is 170. The zero-order valence-corrected chi connectivity index (χ0v) is 6.47. The topological polar surface area (TPSA) is 46.2 Å². The monoisotopic (exact) mass is 157 g/mol. The molecule has 0 saturated heterocycles. The van der Waals surface area contributed by atoms with E-state index in [9.17, 15) is 0 Å². The molecule has 0 bridgehead atoms. The standard InChI is InChI=1S/C7H11NOS/c8-4-6(5-9)7-2-1-3-10-7/h1-3,6,9H,4-5,8H2. The molecule has 1 heterocycles. The molecule has 0 aliphatic rings. The molecule has 0 fully saturated rings. The van der Waals surface area contributed by atoms with Crippen molar-refractivity contribution in [3.05, 3.63) is 22.4 Å². The average Bonchev–Trinajstić information content (AvgIpc) is 2.43. The summed E-state index contributed by atoms with van der Waals surface area (Å²) in [6, 6.07) is 3.97. The first kappa shape index (κ1) is 7.72. The zero-order valence-electron chi connectivity index (χ0n) is 5.66. The molecule has 0 aliphatic heterocycles. The van der Waals surface area contributed by atoms with Crippen molar-refractivity contribution in [3.8, 4) is 0 Å². The first-order valence-corrected chi connectivity index (χ1v) is 4.10. The molecule has 0 saturated carbocycles. The van der Waals surface area contributed by atoms with Gasteiger partial charge in [-0.05, 0) is 11.4 Å². The van der Waals surface area contributed by atoms with Crippen molar-refractivity contribution in [2.45, 2.75) is 5.92 Å². The minimum atomic E-state index is 0.139. The number of nitrogens with two attached hydrogens (primary N) is 1. The second kappa shape index (κ2) is 3.71. The fourth-order valence-corrected chi connectivity index (χ4v) is 1.64. The van der Waals surface area contributed by atoms with Gasteiger partial charge in [0.1, 0.15) is 0 Å². The van der Waals surface area contributed by atoms with E-state index in [1.54, 1.807) is 11.3 Å². The highest BCUT2D eigenvalue weighted by atomic mass is 32.1. The molecule has 2 nitrogen and oxygen atoms in total. The Labute approximate surface area is 64.3 Å². The van der Waals surface area contributed by atoms with Gasteiger partial charge in [-0.1, -0.05) is 6.07 Å². The minimum Gasteiger partial charge on any atom is -0.396 e. The molecule has 0 spiro atoms. The van der Waals surface area contributed by atoms with Crippen LogP contribution in [0.4, 0.5) is 0 Å². The zero-order chi connectivity index (χ0) is 7.40. The summed E-state index contributed by atoms with van der Waals surface area (Å²) in [6.07, 6.45) is 0. The van der Waals surface area contributed by atoms with Gasteiger partial charge in [0.25, 0.3) is 0 Å². The van der Waals surface area contributed by atoms with Gasteiger partial charge in [0, 0.05) is 17.3 Å². The summed E-state index contributed by atoms with van der Waals surface area (Å²) >= 11 is 1.64. The summed E-state index contributed by atoms with van der Waals surface area (Å²) < 4.78 is 0. The molecule has 0 amide bonds. The van der Waals surface area contributed by atoms with Gasteiger partial charge in [-0.25, -0.2) is 0 Å². The smallest absolute Gasteiger partial charge is 0.0519 e. The Hall–Kier alpha value is -0.380. The third-order valence-electron chi connectivity index (χ3n) is 1.45. The molecule has 3 heteroatoms. The molecule has 1 unspecified atom stereocenters. The van der Waals surface area contributed by atoms with Crippen LogP contribution >= 0.6 is 11.3 Å². The van der Waals surface area contributed by atoms with E-state index in [0.717, 1.165) is 0 Å². The van der Waals surface area contributed by atoms with Crippen molar-refractivity contribution in [3.63, 3.8) is 0 Å². The normalized spacial score (nSPS) is 13.4. The first-order valence-electron chi connectivity index (χ1n) is 3.22. The number of rotatable bonds is 3. The van der Waals surface area contributed by atoms with Gasteiger partial charge in [0.05, 0.1) is 6.61 Å². The van der Waals surface area contributed by atoms with Crippen LogP contribution in [-0.4, -0.2) is 18.3 Å². The van der Waals surface area contributed by atoms with E-state index in [2.05, 4.69) is 0 Å². The third kappa shape index (κ3) is 1.56. The molecule has 1 rings (SSSR count). The van der Waals surface area contributed by atoms with Gasteiger partial charge in [0.2, 0.25) is 0 Å². The van der Waals surface area contributed by atoms with Crippen molar-refractivity contribution in [1.29, 1.82) is 0 Å². The second-order valence-corrected chi connectivity index (χ2v) is 3.11. The lowest BCUT2D eigenvalue weighted by atomic mass is 10.1. The number of hydrogen-bond acceptors (Lipinski definition) is 3. The Morgan fingerprint density at radius 2 is 2.50 bits per heavy atom. The Morgan fingerprint density at radius 3 is 2.90 bits per heavy atom. The quantitative estimate of drug-likeness (QED) is 0.681. The van der Waals surface area contributed by atoms with Crippen LogP contribution < -0.4 is 5.73 Å². The highest BCUT2D eigenvalue weighted by Crippen LogP contribution is 2.18. The highest BCUT2D eigenvalue weighted by molar-refractivity contribution is 7.10. The summed E-state index contributed by atoms with van der Waals surface area (Å²) in [5.74, 6) is 0.139. The molecule has 1 atom stereocenters. The van der Waals surface area contributed by atoms with E-state index < -0.39 is 0 Å². The molecule has 1 aromatic rings. The van der Waals surface area contributed by atoms with E-state index in [4.69, 9.17) is 10.8 Å². The lowest BCUT2D eigenvalue weighted by Gasteiger charge is -2.06. The summed E-state index contributed by atoms with van der Waals surface area (Å²) in [4.78, 5) is 1.17. The maximum Gasteiger partial charge on any atom is 0.0519 e. The Morgan fingerprint density at radius 1 is 1.70 bits per heavy atom. The Kier molecular flexibility index (Phi) is 2.86. The van der Waals surface area contributed by atoms with E-state index in [0.29, 0.717) is 6.54 Å². The van der Waals surface area contributed by atoms with Crippen LogP contribution in [0, 0.1) is 0 Å². The maximum absolute atomic E-state index is 8.82. The van der Waals surface area contributed by atoms with E-state index in [1.807, 2.05) is 17.5 Å². The van der Waals surface area contributed by atoms with Crippen LogP contribution in [0.15, 0.2) is 17.5 Å². The summed E-state index contributed by atoms with van der Waals surface area (Å²) in [5.41, 5.74) is 5.42. The predicted octanol–water partition coefficient (Wildman–Crippen LogP) is 0.783. The average molecular weight is 157 g/mol. The van der Waals surface area contributed by atoms with Crippen molar-refractivity contribution >= 4 is 11.3 Å². The lowest BCUT2D eigenvalue weighted by Crippen LogP contribution is -2.14. The number of hydrogen-bond donors (Lipinski definition) is 2. The molecule has 0 aromatic carbocycles. The lowest BCUT2D eigenvalue weighted by molar-refractivity contribution is 0.269. The van der Waals surface area contributed by atoms with E-state index in [1.165, 1.54) is 4.88 Å². The fraction of sp³-hybridized carbons (Fsp3) is 0.429. The molecular weight excluding hydrogens is 146 g/mol. The maximum atomic E-state index is 8.82. The van der Waals surface area contributed by atoms with Gasteiger partial charge < -0.3 is 10.8 Å². The van der Waals surface area contributed by atoms with Gasteiger partial charge in [0.15, 0.2) is 0 Å². The SMILES string of the molecule is NCC(CO)c1cccs1. The number of thiophene rings is 1. The molecule has 1 aromatic heterocycles.